The molecule has 2 atom stereocenters. The van der Waals surface area contributed by atoms with Crippen LogP contribution in [-0.2, 0) is 15.9 Å². The molecule has 7 nitrogen and oxygen atoms in total. The van der Waals surface area contributed by atoms with E-state index in [-0.39, 0.29) is 19.1 Å². The number of hydrogen-bond donors (Lipinski definition) is 3. The molecule has 1 saturated heterocycles. The van der Waals surface area contributed by atoms with Crippen LogP contribution in [0.4, 0.5) is 0 Å². The third-order valence-corrected chi connectivity index (χ3v) is 7.13. The van der Waals surface area contributed by atoms with Gasteiger partial charge in [-0.2, -0.15) is 0 Å². The number of pyridine rings is 1. The van der Waals surface area contributed by atoms with E-state index in [1.165, 1.54) is 0 Å². The molecule has 0 aromatic carbocycles. The maximum Gasteiger partial charge on any atom is 0.320 e. The highest BCUT2D eigenvalue weighted by Gasteiger charge is 2.56. The zero-order valence-electron chi connectivity index (χ0n) is 13.1. The highest BCUT2D eigenvalue weighted by Crippen LogP contribution is 2.59. The predicted molar refractivity (Wildman–Crippen MR) is 87.5 cm³/mol. The second kappa shape index (κ2) is 7.53. The van der Waals surface area contributed by atoms with Crippen molar-refractivity contribution in [1.29, 1.82) is 0 Å². The highest BCUT2D eigenvalue weighted by atomic mass is 31.2. The second-order valence-electron chi connectivity index (χ2n) is 6.04. The topological polar surface area (TPSA) is 117 Å². The van der Waals surface area contributed by atoms with Gasteiger partial charge >= 0.3 is 5.97 Å². The largest absolute Gasteiger partial charge is 0.480 e. The van der Waals surface area contributed by atoms with Crippen LogP contribution in [0.5, 0.6) is 0 Å². The molecule has 0 saturated carbocycles. The Bertz CT molecular complexity index is 583. The monoisotopic (exact) mass is 341 g/mol. The molecule has 1 aliphatic rings. The van der Waals surface area contributed by atoms with Crippen molar-refractivity contribution in [2.45, 2.75) is 31.0 Å². The molecule has 2 unspecified atom stereocenters. The molecule has 0 aliphatic carbocycles. The molecular formula is C15H24N3O4P. The molecular weight excluding hydrogens is 317 g/mol. The first kappa shape index (κ1) is 18.1. The van der Waals surface area contributed by atoms with E-state index in [0.29, 0.717) is 32.5 Å². The van der Waals surface area contributed by atoms with Crippen molar-refractivity contribution in [1.82, 2.24) is 9.88 Å². The first-order valence-corrected chi connectivity index (χ1v) is 9.63. The van der Waals surface area contributed by atoms with Gasteiger partial charge in [-0.15, -0.1) is 0 Å². The fourth-order valence-corrected chi connectivity index (χ4v) is 5.26. The van der Waals surface area contributed by atoms with Crippen LogP contribution in [0.15, 0.2) is 24.4 Å². The summed E-state index contributed by atoms with van der Waals surface area (Å²) in [6, 6.07) is 5.55. The van der Waals surface area contributed by atoms with Gasteiger partial charge in [-0.1, -0.05) is 12.5 Å². The van der Waals surface area contributed by atoms with E-state index in [0.717, 1.165) is 5.69 Å². The smallest absolute Gasteiger partial charge is 0.320 e. The number of carboxylic acid groups (broad SMARTS) is 1. The summed E-state index contributed by atoms with van der Waals surface area (Å²) in [6.45, 7) is 1.39. The first-order chi connectivity index (χ1) is 10.9. The molecule has 0 bridgehead atoms. The fourth-order valence-electron chi connectivity index (χ4n) is 3.05. The molecule has 128 valence electrons. The number of unbranched alkanes of at least 4 members (excludes halogenated alkanes) is 1. The van der Waals surface area contributed by atoms with Gasteiger partial charge in [0.05, 0.1) is 5.69 Å². The summed E-state index contributed by atoms with van der Waals surface area (Å²) in [7, 11) is -3.77. The standard InChI is InChI=1S/C15H24N3O4P/c16-7-3-2-6-15(14(19)20)12-18(9-10-23(15,21)22)11-13-5-1-4-8-17-13/h1,4-5,8H,2-3,6-7,9-12,16H2,(H,19,20)(H,21,22). The number of carboxylic acids is 1. The SMILES string of the molecule is NCCCCC1(C(=O)O)CN(Cc2ccccn2)CCP1(=O)O. The van der Waals surface area contributed by atoms with Crippen LogP contribution in [0.25, 0.3) is 0 Å². The third kappa shape index (κ3) is 3.98. The van der Waals surface area contributed by atoms with Gasteiger partial charge in [-0.3, -0.25) is 19.2 Å². The Morgan fingerprint density at radius 1 is 1.43 bits per heavy atom. The molecule has 4 N–H and O–H groups in total. The van der Waals surface area contributed by atoms with Gasteiger partial charge in [0.1, 0.15) is 0 Å². The van der Waals surface area contributed by atoms with Gasteiger partial charge in [0.25, 0.3) is 0 Å². The predicted octanol–water partition coefficient (Wildman–Crippen LogP) is 1.12. The maximum absolute atomic E-state index is 12.6. The average molecular weight is 341 g/mol. The molecule has 1 aliphatic heterocycles. The Labute approximate surface area is 136 Å². The maximum atomic E-state index is 12.6. The van der Waals surface area contributed by atoms with Gasteiger partial charge in [-0.25, -0.2) is 0 Å². The Balaban J connectivity index is 2.18. The van der Waals surface area contributed by atoms with Crippen molar-refractivity contribution in [2.75, 3.05) is 25.8 Å². The number of carbonyl (C=O) groups is 1. The Morgan fingerprint density at radius 3 is 2.83 bits per heavy atom. The summed E-state index contributed by atoms with van der Waals surface area (Å²) in [5, 5.41) is 8.10. The van der Waals surface area contributed by atoms with Crippen molar-refractivity contribution in [3.63, 3.8) is 0 Å². The molecule has 1 aromatic heterocycles. The molecule has 1 aromatic rings. The molecule has 0 amide bonds. The van der Waals surface area contributed by atoms with Gasteiger partial charge in [0.2, 0.25) is 7.37 Å². The van der Waals surface area contributed by atoms with Crippen LogP contribution in [0.1, 0.15) is 25.0 Å². The Hall–Kier alpha value is -1.27. The van der Waals surface area contributed by atoms with Crippen molar-refractivity contribution >= 4 is 13.3 Å². The lowest BCUT2D eigenvalue weighted by atomic mass is 9.99. The van der Waals surface area contributed by atoms with Crippen LogP contribution in [0.3, 0.4) is 0 Å². The van der Waals surface area contributed by atoms with Crippen molar-refractivity contribution < 1.29 is 19.4 Å². The molecule has 0 spiro atoms. The van der Waals surface area contributed by atoms with E-state index in [2.05, 4.69) is 4.98 Å². The van der Waals surface area contributed by atoms with E-state index in [9.17, 15) is 19.4 Å². The average Bonchev–Trinajstić information content (AvgIpc) is 2.51. The summed E-state index contributed by atoms with van der Waals surface area (Å²) in [6.07, 6.45) is 3.03. The first-order valence-electron chi connectivity index (χ1n) is 7.79. The summed E-state index contributed by atoms with van der Waals surface area (Å²) in [5.74, 6) is -1.19. The van der Waals surface area contributed by atoms with Crippen LogP contribution in [0, 0.1) is 0 Å². The van der Waals surface area contributed by atoms with E-state index < -0.39 is 18.5 Å². The minimum atomic E-state index is -3.77. The minimum absolute atomic E-state index is 0.00520. The number of aliphatic carboxylic acids is 1. The van der Waals surface area contributed by atoms with Crippen molar-refractivity contribution in [2.24, 2.45) is 5.73 Å². The number of rotatable bonds is 7. The van der Waals surface area contributed by atoms with Crippen LogP contribution in [-0.4, -0.2) is 56.8 Å². The molecule has 2 heterocycles. The summed E-state index contributed by atoms with van der Waals surface area (Å²) in [4.78, 5) is 28.4. The molecule has 2 rings (SSSR count). The Kier molecular flexibility index (Phi) is 5.92. The van der Waals surface area contributed by atoms with Crippen LogP contribution < -0.4 is 5.73 Å². The van der Waals surface area contributed by atoms with Crippen molar-refractivity contribution in [3.8, 4) is 0 Å². The van der Waals surface area contributed by atoms with E-state index in [1.807, 2.05) is 23.1 Å². The van der Waals surface area contributed by atoms with Gasteiger partial charge < -0.3 is 15.7 Å². The second-order valence-corrected chi connectivity index (χ2v) is 8.75. The Morgan fingerprint density at radius 2 is 2.22 bits per heavy atom. The number of nitrogens with zero attached hydrogens (tertiary/aromatic N) is 2. The zero-order valence-corrected chi connectivity index (χ0v) is 14.0. The molecule has 1 fully saturated rings. The van der Waals surface area contributed by atoms with E-state index in [4.69, 9.17) is 5.73 Å². The van der Waals surface area contributed by atoms with E-state index in [1.54, 1.807) is 6.20 Å². The van der Waals surface area contributed by atoms with Gasteiger partial charge in [-0.05, 0) is 31.5 Å². The van der Waals surface area contributed by atoms with E-state index >= 15 is 0 Å². The van der Waals surface area contributed by atoms with Crippen molar-refractivity contribution in [3.05, 3.63) is 30.1 Å². The fraction of sp³-hybridized carbons (Fsp3) is 0.600. The highest BCUT2D eigenvalue weighted by molar-refractivity contribution is 7.61. The third-order valence-electron chi connectivity index (χ3n) is 4.43. The number of nitrogens with two attached hydrogens (primary N) is 1. The molecule has 0 radical (unpaired) electrons. The van der Waals surface area contributed by atoms with Crippen LogP contribution in [0.2, 0.25) is 0 Å². The normalized spacial score (nSPS) is 28.6. The summed E-state index contributed by atoms with van der Waals surface area (Å²) >= 11 is 0. The zero-order chi connectivity index (χ0) is 16.9. The minimum Gasteiger partial charge on any atom is -0.480 e. The number of hydrogen-bond acceptors (Lipinski definition) is 5. The lowest BCUT2D eigenvalue weighted by molar-refractivity contribution is -0.141. The van der Waals surface area contributed by atoms with Gasteiger partial charge in [0, 0.05) is 32.0 Å². The lowest BCUT2D eigenvalue weighted by Gasteiger charge is -2.42. The molecule has 23 heavy (non-hydrogen) atoms. The number of aromatic nitrogens is 1. The summed E-state index contributed by atoms with van der Waals surface area (Å²) in [5.41, 5.74) is 6.29. The molecule has 8 heteroatoms. The lowest BCUT2D eigenvalue weighted by Crippen LogP contribution is -2.54. The van der Waals surface area contributed by atoms with Crippen LogP contribution >= 0.6 is 7.37 Å². The van der Waals surface area contributed by atoms with Gasteiger partial charge in [0.15, 0.2) is 5.16 Å². The summed E-state index contributed by atoms with van der Waals surface area (Å²) < 4.78 is 12.6. The quantitative estimate of drug-likeness (QED) is 0.502.